The fourth-order valence-electron chi connectivity index (χ4n) is 3.95. The minimum absolute atomic E-state index is 0.154. The molecule has 1 unspecified atom stereocenters. The van der Waals surface area contributed by atoms with Crippen LogP contribution in [-0.2, 0) is 13.1 Å². The number of pyridine rings is 2. The van der Waals surface area contributed by atoms with Gasteiger partial charge in [0.2, 0.25) is 5.88 Å². The van der Waals surface area contributed by atoms with E-state index in [0.717, 1.165) is 27.9 Å². The van der Waals surface area contributed by atoms with Crippen molar-refractivity contribution in [3.8, 4) is 11.6 Å². The van der Waals surface area contributed by atoms with Crippen molar-refractivity contribution in [1.82, 2.24) is 14.9 Å². The number of aryl methyl sites for hydroxylation is 1. The number of methoxy groups -OCH3 is 2. The zero-order valence-electron chi connectivity index (χ0n) is 19.1. The van der Waals surface area contributed by atoms with Gasteiger partial charge in [0.15, 0.2) is 0 Å². The zero-order valence-corrected chi connectivity index (χ0v) is 19.1. The normalized spacial score (nSPS) is 12.2. The summed E-state index contributed by atoms with van der Waals surface area (Å²) < 4.78 is 11.0. The van der Waals surface area contributed by atoms with E-state index in [0.29, 0.717) is 19.0 Å². The van der Waals surface area contributed by atoms with Gasteiger partial charge in [-0.25, -0.2) is 4.98 Å². The summed E-state index contributed by atoms with van der Waals surface area (Å²) in [6.07, 6.45) is 1.84. The minimum atomic E-state index is 0.154. The van der Waals surface area contributed by atoms with Gasteiger partial charge in [0.05, 0.1) is 25.4 Å². The van der Waals surface area contributed by atoms with Crippen LogP contribution in [0, 0.1) is 6.92 Å². The zero-order chi connectivity index (χ0) is 22.5. The predicted molar refractivity (Wildman–Crippen MR) is 128 cm³/mol. The van der Waals surface area contributed by atoms with Crippen molar-refractivity contribution in [2.75, 3.05) is 14.2 Å². The van der Waals surface area contributed by atoms with Crippen LogP contribution in [0.4, 0.5) is 0 Å². The number of ether oxygens (including phenoxy) is 2. The topological polar surface area (TPSA) is 47.5 Å². The maximum atomic E-state index is 5.68. The van der Waals surface area contributed by atoms with Crippen molar-refractivity contribution in [3.63, 3.8) is 0 Å². The van der Waals surface area contributed by atoms with Gasteiger partial charge in [-0.05, 0) is 61.9 Å². The Morgan fingerprint density at radius 3 is 2.41 bits per heavy atom. The molecule has 0 fully saturated rings. The maximum absolute atomic E-state index is 5.68. The standard InChI is InChI=1S/C27H29N3O2/c1-19-8-13-26-22(15-19)16-23(27(29-26)32-4)17-30(18-24-7-5-6-14-28-24)20(2)21-9-11-25(31-3)12-10-21/h5-16,20H,17-18H2,1-4H3. The first-order chi connectivity index (χ1) is 15.6. The van der Waals surface area contributed by atoms with Crippen LogP contribution in [0.1, 0.15) is 35.3 Å². The van der Waals surface area contributed by atoms with Crippen LogP contribution >= 0.6 is 0 Å². The second kappa shape index (κ2) is 9.79. The van der Waals surface area contributed by atoms with Crippen LogP contribution in [0.15, 0.2) is 72.9 Å². The van der Waals surface area contributed by atoms with Gasteiger partial charge in [-0.1, -0.05) is 29.8 Å². The molecule has 5 heteroatoms. The molecule has 0 aliphatic rings. The molecule has 0 spiro atoms. The molecule has 4 aromatic rings. The number of nitrogens with zero attached hydrogens (tertiary/aromatic N) is 3. The molecular formula is C27H29N3O2. The lowest BCUT2D eigenvalue weighted by molar-refractivity contribution is 0.187. The molecule has 164 valence electrons. The highest BCUT2D eigenvalue weighted by atomic mass is 16.5. The third kappa shape index (κ3) is 4.89. The van der Waals surface area contributed by atoms with Gasteiger partial charge < -0.3 is 9.47 Å². The third-order valence-electron chi connectivity index (χ3n) is 5.81. The van der Waals surface area contributed by atoms with E-state index in [-0.39, 0.29) is 6.04 Å². The van der Waals surface area contributed by atoms with Crippen LogP contribution in [0.2, 0.25) is 0 Å². The van der Waals surface area contributed by atoms with Crippen molar-refractivity contribution in [1.29, 1.82) is 0 Å². The average Bonchev–Trinajstić information content (AvgIpc) is 2.83. The molecule has 0 saturated heterocycles. The highest BCUT2D eigenvalue weighted by Gasteiger charge is 2.20. The Bertz CT molecular complexity index is 1180. The Balaban J connectivity index is 1.70. The summed E-state index contributed by atoms with van der Waals surface area (Å²) in [7, 11) is 3.37. The summed E-state index contributed by atoms with van der Waals surface area (Å²) in [5, 5.41) is 1.12. The smallest absolute Gasteiger partial charge is 0.218 e. The van der Waals surface area contributed by atoms with Crippen molar-refractivity contribution < 1.29 is 9.47 Å². The summed E-state index contributed by atoms with van der Waals surface area (Å²) in [5.41, 5.74) is 5.45. The van der Waals surface area contributed by atoms with Gasteiger partial charge in [0, 0.05) is 36.3 Å². The van der Waals surface area contributed by atoms with Crippen LogP contribution in [0.5, 0.6) is 11.6 Å². The molecule has 4 rings (SSSR count). The fraction of sp³-hybridized carbons (Fsp3) is 0.259. The van der Waals surface area contributed by atoms with Crippen LogP contribution < -0.4 is 9.47 Å². The molecule has 0 N–H and O–H groups in total. The minimum Gasteiger partial charge on any atom is -0.497 e. The van der Waals surface area contributed by atoms with E-state index >= 15 is 0 Å². The van der Waals surface area contributed by atoms with E-state index in [2.05, 4.69) is 60.1 Å². The van der Waals surface area contributed by atoms with E-state index in [1.54, 1.807) is 14.2 Å². The van der Waals surface area contributed by atoms with Crippen molar-refractivity contribution >= 4 is 10.9 Å². The average molecular weight is 428 g/mol. The summed E-state index contributed by atoms with van der Waals surface area (Å²) in [6, 6.07) is 22.9. The third-order valence-corrected chi connectivity index (χ3v) is 5.81. The molecule has 32 heavy (non-hydrogen) atoms. The molecule has 0 amide bonds. The summed E-state index contributed by atoms with van der Waals surface area (Å²) in [4.78, 5) is 11.7. The van der Waals surface area contributed by atoms with E-state index in [9.17, 15) is 0 Å². The Morgan fingerprint density at radius 1 is 0.906 bits per heavy atom. The van der Waals surface area contributed by atoms with Gasteiger partial charge in [-0.15, -0.1) is 0 Å². The fourth-order valence-corrected chi connectivity index (χ4v) is 3.95. The Kier molecular flexibility index (Phi) is 6.66. The molecule has 2 aromatic heterocycles. The van der Waals surface area contributed by atoms with E-state index in [1.165, 1.54) is 11.1 Å². The predicted octanol–water partition coefficient (Wildman–Crippen LogP) is 5.72. The number of hydrogen-bond acceptors (Lipinski definition) is 5. The number of rotatable bonds is 8. The Hall–Kier alpha value is -3.44. The van der Waals surface area contributed by atoms with Gasteiger partial charge in [0.25, 0.3) is 0 Å². The Labute approximate surface area is 189 Å². The second-order valence-electron chi connectivity index (χ2n) is 8.03. The SMILES string of the molecule is COc1ccc(C(C)N(Cc2ccccn2)Cc2cc3cc(C)ccc3nc2OC)cc1. The molecular weight excluding hydrogens is 398 g/mol. The monoisotopic (exact) mass is 427 g/mol. The van der Waals surface area contributed by atoms with Crippen LogP contribution in [-0.4, -0.2) is 29.1 Å². The number of aromatic nitrogens is 2. The highest BCUT2D eigenvalue weighted by molar-refractivity contribution is 5.80. The molecule has 1 atom stereocenters. The number of hydrogen-bond donors (Lipinski definition) is 0. The largest absolute Gasteiger partial charge is 0.497 e. The lowest BCUT2D eigenvalue weighted by Crippen LogP contribution is -2.27. The highest BCUT2D eigenvalue weighted by Crippen LogP contribution is 2.30. The lowest BCUT2D eigenvalue weighted by Gasteiger charge is -2.30. The van der Waals surface area contributed by atoms with E-state index in [1.807, 2.05) is 36.5 Å². The Morgan fingerprint density at radius 2 is 1.72 bits per heavy atom. The van der Waals surface area contributed by atoms with Gasteiger partial charge in [-0.3, -0.25) is 9.88 Å². The van der Waals surface area contributed by atoms with Gasteiger partial charge in [-0.2, -0.15) is 0 Å². The van der Waals surface area contributed by atoms with Crippen molar-refractivity contribution in [2.45, 2.75) is 33.0 Å². The molecule has 0 bridgehead atoms. The van der Waals surface area contributed by atoms with Gasteiger partial charge >= 0.3 is 0 Å². The maximum Gasteiger partial charge on any atom is 0.218 e. The van der Waals surface area contributed by atoms with Crippen LogP contribution in [0.25, 0.3) is 10.9 Å². The van der Waals surface area contributed by atoms with Crippen molar-refractivity contribution in [2.24, 2.45) is 0 Å². The molecule has 2 aromatic carbocycles. The van der Waals surface area contributed by atoms with E-state index < -0.39 is 0 Å². The summed E-state index contributed by atoms with van der Waals surface area (Å²) in [6.45, 7) is 5.71. The van der Waals surface area contributed by atoms with E-state index in [4.69, 9.17) is 14.5 Å². The van der Waals surface area contributed by atoms with Gasteiger partial charge in [0.1, 0.15) is 5.75 Å². The van der Waals surface area contributed by atoms with Crippen LogP contribution in [0.3, 0.4) is 0 Å². The molecule has 0 aliphatic heterocycles. The number of benzene rings is 2. The second-order valence-corrected chi connectivity index (χ2v) is 8.03. The molecule has 0 saturated carbocycles. The molecule has 0 aliphatic carbocycles. The lowest BCUT2D eigenvalue weighted by atomic mass is 10.0. The quantitative estimate of drug-likeness (QED) is 0.360. The molecule has 5 nitrogen and oxygen atoms in total. The molecule has 0 radical (unpaired) electrons. The first kappa shape index (κ1) is 21.8. The first-order valence-electron chi connectivity index (χ1n) is 10.8. The van der Waals surface area contributed by atoms with Crippen molar-refractivity contribution in [3.05, 3.63) is 95.3 Å². The number of fused-ring (bicyclic) bond motifs is 1. The summed E-state index contributed by atoms with van der Waals surface area (Å²) in [5.74, 6) is 1.52. The molecule has 2 heterocycles. The summed E-state index contributed by atoms with van der Waals surface area (Å²) >= 11 is 0. The first-order valence-corrected chi connectivity index (χ1v) is 10.8.